The van der Waals surface area contributed by atoms with E-state index < -0.39 is 9.84 Å². The summed E-state index contributed by atoms with van der Waals surface area (Å²) in [6.07, 6.45) is 3.16. The van der Waals surface area contributed by atoms with Crippen LogP contribution in [0.15, 0.2) is 87.3 Å². The van der Waals surface area contributed by atoms with E-state index >= 15 is 0 Å². The number of sulfone groups is 1. The Kier molecular flexibility index (Phi) is 5.04. The normalized spacial score (nSPS) is 11.2. The van der Waals surface area contributed by atoms with Gasteiger partial charge in [0, 0.05) is 18.1 Å². The minimum Gasteiger partial charge on any atom is -0.449 e. The second-order valence-electron chi connectivity index (χ2n) is 6.49. The maximum Gasteiger partial charge on any atom is 0.287 e. The number of amides is 1. The number of carbonyl (C=O) groups is 1. The van der Waals surface area contributed by atoms with E-state index in [-0.39, 0.29) is 28.0 Å². The fraction of sp³-hybridized carbons (Fsp3) is 0.0455. The van der Waals surface area contributed by atoms with E-state index in [1.165, 1.54) is 36.4 Å². The molecule has 0 aliphatic carbocycles. The van der Waals surface area contributed by atoms with E-state index in [2.05, 4.69) is 10.3 Å². The van der Waals surface area contributed by atoms with Crippen LogP contribution in [0, 0.1) is 11.3 Å². The molecule has 0 aliphatic heterocycles. The van der Waals surface area contributed by atoms with Crippen molar-refractivity contribution in [3.05, 3.63) is 89.9 Å². The van der Waals surface area contributed by atoms with E-state index in [1.807, 2.05) is 6.07 Å². The molecule has 0 bridgehead atoms. The molecule has 0 saturated heterocycles. The number of hydrogen-bond acceptors (Lipinski definition) is 6. The number of aromatic nitrogens is 1. The van der Waals surface area contributed by atoms with Crippen molar-refractivity contribution >= 4 is 26.7 Å². The van der Waals surface area contributed by atoms with E-state index in [9.17, 15) is 13.2 Å². The fourth-order valence-corrected chi connectivity index (χ4v) is 4.16. The molecule has 2 aromatic carbocycles. The topological polar surface area (TPSA) is 113 Å². The van der Waals surface area contributed by atoms with Gasteiger partial charge in [-0.2, -0.15) is 5.26 Å². The van der Waals surface area contributed by atoms with Gasteiger partial charge in [-0.15, -0.1) is 0 Å². The summed E-state index contributed by atoms with van der Waals surface area (Å²) in [5.41, 5.74) is 1.65. The largest absolute Gasteiger partial charge is 0.449 e. The Morgan fingerprint density at radius 1 is 1.03 bits per heavy atom. The maximum atomic E-state index is 12.7. The minimum absolute atomic E-state index is 0.113. The quantitative estimate of drug-likeness (QED) is 0.532. The zero-order valence-corrected chi connectivity index (χ0v) is 16.4. The molecular weight excluding hydrogens is 402 g/mol. The van der Waals surface area contributed by atoms with Crippen molar-refractivity contribution in [2.75, 3.05) is 0 Å². The van der Waals surface area contributed by atoms with E-state index in [1.54, 1.807) is 36.7 Å². The van der Waals surface area contributed by atoms with Gasteiger partial charge < -0.3 is 9.73 Å². The molecule has 1 amide bonds. The molecular formula is C22H15N3O4S. The predicted octanol–water partition coefficient (Wildman–Crippen LogP) is 3.46. The highest BCUT2D eigenvalue weighted by Gasteiger charge is 2.18. The molecule has 8 heteroatoms. The number of fused-ring (bicyclic) bond motifs is 1. The van der Waals surface area contributed by atoms with Crippen LogP contribution in [-0.2, 0) is 16.4 Å². The van der Waals surface area contributed by atoms with Crippen molar-refractivity contribution < 1.29 is 17.6 Å². The third kappa shape index (κ3) is 3.79. The third-order valence-electron chi connectivity index (χ3n) is 4.53. The molecule has 148 valence electrons. The molecule has 0 unspecified atom stereocenters. The van der Waals surface area contributed by atoms with Crippen molar-refractivity contribution in [3.8, 4) is 6.07 Å². The molecule has 0 radical (unpaired) electrons. The Morgan fingerprint density at radius 2 is 1.70 bits per heavy atom. The maximum absolute atomic E-state index is 12.7. The first-order chi connectivity index (χ1) is 14.5. The number of rotatable bonds is 5. The Morgan fingerprint density at radius 3 is 2.33 bits per heavy atom. The highest BCUT2D eigenvalue weighted by Crippen LogP contribution is 2.22. The van der Waals surface area contributed by atoms with E-state index in [0.29, 0.717) is 11.1 Å². The number of benzene rings is 2. The monoisotopic (exact) mass is 417 g/mol. The van der Waals surface area contributed by atoms with Gasteiger partial charge in [-0.05, 0) is 54.1 Å². The second kappa shape index (κ2) is 7.81. The lowest BCUT2D eigenvalue weighted by atomic mass is 10.2. The van der Waals surface area contributed by atoms with Gasteiger partial charge in [0.25, 0.3) is 5.91 Å². The molecule has 4 aromatic rings. The fourth-order valence-electron chi connectivity index (χ4n) is 2.90. The SMILES string of the molecule is N#Cc1ccc(S(=O)(=O)c2ccc(CNC(=O)c3cc4ccncc4o3)cc2)cc1. The zero-order chi connectivity index (χ0) is 21.1. The Hall–Kier alpha value is -3.96. The summed E-state index contributed by atoms with van der Waals surface area (Å²) in [4.78, 5) is 16.5. The van der Waals surface area contributed by atoms with Crippen molar-refractivity contribution in [1.82, 2.24) is 10.3 Å². The van der Waals surface area contributed by atoms with Crippen LogP contribution in [0.25, 0.3) is 11.0 Å². The van der Waals surface area contributed by atoms with Gasteiger partial charge in [-0.1, -0.05) is 12.1 Å². The predicted molar refractivity (Wildman–Crippen MR) is 108 cm³/mol. The molecule has 0 spiro atoms. The van der Waals surface area contributed by atoms with Crippen LogP contribution < -0.4 is 5.32 Å². The van der Waals surface area contributed by atoms with Crippen LogP contribution in [0.5, 0.6) is 0 Å². The molecule has 0 aliphatic rings. The van der Waals surface area contributed by atoms with E-state index in [0.717, 1.165) is 10.9 Å². The lowest BCUT2D eigenvalue weighted by Crippen LogP contribution is -2.22. The van der Waals surface area contributed by atoms with Crippen LogP contribution in [0.4, 0.5) is 0 Å². The van der Waals surface area contributed by atoms with Gasteiger partial charge >= 0.3 is 0 Å². The lowest BCUT2D eigenvalue weighted by Gasteiger charge is -2.07. The minimum atomic E-state index is -3.69. The van der Waals surface area contributed by atoms with Crippen molar-refractivity contribution in [2.45, 2.75) is 16.3 Å². The zero-order valence-electron chi connectivity index (χ0n) is 15.6. The molecule has 4 rings (SSSR count). The molecule has 30 heavy (non-hydrogen) atoms. The highest BCUT2D eigenvalue weighted by molar-refractivity contribution is 7.91. The van der Waals surface area contributed by atoms with Crippen LogP contribution in [0.1, 0.15) is 21.7 Å². The first-order valence-electron chi connectivity index (χ1n) is 8.93. The number of hydrogen-bond donors (Lipinski definition) is 1. The van der Waals surface area contributed by atoms with Gasteiger partial charge in [0.1, 0.15) is 0 Å². The van der Waals surface area contributed by atoms with Crippen LogP contribution >= 0.6 is 0 Å². The summed E-state index contributed by atoms with van der Waals surface area (Å²) < 4.78 is 30.9. The smallest absolute Gasteiger partial charge is 0.287 e. The van der Waals surface area contributed by atoms with Gasteiger partial charge in [0.05, 0.1) is 27.6 Å². The van der Waals surface area contributed by atoms with Crippen molar-refractivity contribution in [1.29, 1.82) is 5.26 Å². The second-order valence-corrected chi connectivity index (χ2v) is 8.44. The average molecular weight is 417 g/mol. The number of pyridine rings is 1. The standard InChI is InChI=1S/C22H15N3O4S/c23-12-15-1-5-18(6-2-15)30(27,28)19-7-3-16(4-8-19)13-25-22(26)20-11-17-9-10-24-14-21(17)29-20/h1-11,14H,13H2,(H,25,26). The Labute approximate surface area is 172 Å². The van der Waals surface area contributed by atoms with Crippen LogP contribution in [0.3, 0.4) is 0 Å². The summed E-state index contributed by atoms with van der Waals surface area (Å²) in [6, 6.07) is 17.3. The molecule has 1 N–H and O–H groups in total. The summed E-state index contributed by atoms with van der Waals surface area (Å²) >= 11 is 0. The van der Waals surface area contributed by atoms with E-state index in [4.69, 9.17) is 9.68 Å². The number of furan rings is 1. The summed E-state index contributed by atoms with van der Waals surface area (Å²) in [6.45, 7) is 0.214. The van der Waals surface area contributed by atoms with Crippen LogP contribution in [0.2, 0.25) is 0 Å². The van der Waals surface area contributed by atoms with Crippen molar-refractivity contribution in [3.63, 3.8) is 0 Å². The number of nitrogens with zero attached hydrogens (tertiary/aromatic N) is 2. The number of carbonyl (C=O) groups excluding carboxylic acids is 1. The molecule has 2 heterocycles. The lowest BCUT2D eigenvalue weighted by molar-refractivity contribution is 0.0925. The van der Waals surface area contributed by atoms with Gasteiger partial charge in [-0.3, -0.25) is 9.78 Å². The van der Waals surface area contributed by atoms with Gasteiger partial charge in [-0.25, -0.2) is 8.42 Å². The summed E-state index contributed by atoms with van der Waals surface area (Å²) in [7, 11) is -3.69. The van der Waals surface area contributed by atoms with Gasteiger partial charge in [0.15, 0.2) is 11.3 Å². The average Bonchev–Trinajstić information content (AvgIpc) is 3.22. The first-order valence-corrected chi connectivity index (χ1v) is 10.4. The third-order valence-corrected chi connectivity index (χ3v) is 6.31. The highest BCUT2D eigenvalue weighted by atomic mass is 32.2. The molecule has 0 atom stereocenters. The first kappa shape index (κ1) is 19.4. The molecule has 2 aromatic heterocycles. The van der Waals surface area contributed by atoms with Crippen molar-refractivity contribution in [2.24, 2.45) is 0 Å². The van der Waals surface area contributed by atoms with Crippen LogP contribution in [-0.4, -0.2) is 19.3 Å². The summed E-state index contributed by atoms with van der Waals surface area (Å²) in [5.74, 6) is -0.196. The molecule has 0 saturated carbocycles. The van der Waals surface area contributed by atoms with Gasteiger partial charge in [0.2, 0.25) is 9.84 Å². The number of nitrogens with one attached hydrogen (secondary N) is 1. The molecule has 7 nitrogen and oxygen atoms in total. The molecule has 0 fully saturated rings. The Balaban J connectivity index is 1.45. The summed E-state index contributed by atoms with van der Waals surface area (Å²) in [5, 5.41) is 12.4. The Bertz CT molecular complexity index is 1330. The number of nitriles is 1.